The highest BCUT2D eigenvalue weighted by atomic mass is 32.2. The number of hydrogen-bond donors (Lipinski definition) is 1. The number of anilines is 1. The second-order valence-electron chi connectivity index (χ2n) is 5.34. The van der Waals surface area contributed by atoms with Gasteiger partial charge in [-0.05, 0) is 30.9 Å². The van der Waals surface area contributed by atoms with Crippen LogP contribution in [0.2, 0.25) is 0 Å². The molecule has 0 radical (unpaired) electrons. The fraction of sp³-hybridized carbons (Fsp3) is 0.500. The van der Waals surface area contributed by atoms with Gasteiger partial charge in [0.2, 0.25) is 0 Å². The van der Waals surface area contributed by atoms with Crippen LogP contribution in [0.1, 0.15) is 19.8 Å². The van der Waals surface area contributed by atoms with Crippen molar-refractivity contribution in [3.05, 3.63) is 24.4 Å². The summed E-state index contributed by atoms with van der Waals surface area (Å²) in [6.07, 6.45) is 3.98. The van der Waals surface area contributed by atoms with E-state index in [2.05, 4.69) is 10.3 Å². The van der Waals surface area contributed by atoms with Crippen LogP contribution in [0.3, 0.4) is 0 Å². The molecule has 1 N–H and O–H groups in total. The van der Waals surface area contributed by atoms with E-state index in [0.29, 0.717) is 30.5 Å². The van der Waals surface area contributed by atoms with Gasteiger partial charge in [0.05, 0.1) is 0 Å². The van der Waals surface area contributed by atoms with E-state index in [0.717, 1.165) is 12.8 Å². The molecule has 21 heavy (non-hydrogen) atoms. The topological polar surface area (TPSA) is 66.7 Å². The third-order valence-corrected chi connectivity index (χ3v) is 5.78. The average Bonchev–Trinajstić information content (AvgIpc) is 3.21. The van der Waals surface area contributed by atoms with Gasteiger partial charge in [0.1, 0.15) is 5.65 Å². The van der Waals surface area contributed by atoms with Gasteiger partial charge in [-0.1, -0.05) is 13.0 Å². The van der Waals surface area contributed by atoms with Crippen molar-refractivity contribution in [1.29, 1.82) is 0 Å². The number of hydrogen-bond acceptors (Lipinski definition) is 4. The quantitative estimate of drug-likeness (QED) is 0.883. The van der Waals surface area contributed by atoms with Gasteiger partial charge in [0, 0.05) is 26.3 Å². The Morgan fingerprint density at radius 3 is 2.81 bits per heavy atom. The Morgan fingerprint density at radius 1 is 1.43 bits per heavy atom. The zero-order valence-corrected chi connectivity index (χ0v) is 13.1. The molecule has 0 bridgehead atoms. The summed E-state index contributed by atoms with van der Waals surface area (Å²) in [4.78, 5) is 4.35. The van der Waals surface area contributed by atoms with Crippen molar-refractivity contribution in [2.75, 3.05) is 25.5 Å². The molecule has 1 aliphatic rings. The first-order chi connectivity index (χ1) is 10.1. The Kier molecular flexibility index (Phi) is 3.62. The molecule has 1 saturated carbocycles. The van der Waals surface area contributed by atoms with Gasteiger partial charge in [-0.3, -0.25) is 4.40 Å². The molecule has 114 valence electrons. The van der Waals surface area contributed by atoms with Crippen LogP contribution < -0.4 is 5.32 Å². The Hall–Kier alpha value is -1.60. The number of sulfonamides is 1. The molecule has 0 saturated heterocycles. The first kappa shape index (κ1) is 14.3. The second-order valence-corrected chi connectivity index (χ2v) is 7.20. The maximum Gasteiger partial charge on any atom is 0.262 e. The first-order valence-corrected chi connectivity index (χ1v) is 8.67. The minimum atomic E-state index is -3.56. The molecule has 2 aromatic heterocycles. The van der Waals surface area contributed by atoms with Crippen molar-refractivity contribution >= 4 is 21.5 Å². The number of imidazole rings is 1. The monoisotopic (exact) mass is 308 g/mol. The molecule has 0 spiro atoms. The molecule has 2 heterocycles. The number of fused-ring (bicyclic) bond motifs is 1. The minimum Gasteiger partial charge on any atom is -0.371 e. The lowest BCUT2D eigenvalue weighted by molar-refractivity contribution is 0.410. The van der Waals surface area contributed by atoms with Crippen LogP contribution in [0.4, 0.5) is 5.82 Å². The van der Waals surface area contributed by atoms with Crippen LogP contribution in [-0.2, 0) is 10.0 Å². The lowest BCUT2D eigenvalue weighted by Crippen LogP contribution is -2.33. The molecule has 3 rings (SSSR count). The molecule has 0 unspecified atom stereocenters. The fourth-order valence-electron chi connectivity index (χ4n) is 2.49. The molecule has 0 amide bonds. The van der Waals surface area contributed by atoms with Crippen LogP contribution in [0.5, 0.6) is 0 Å². The van der Waals surface area contributed by atoms with E-state index in [1.54, 1.807) is 28.0 Å². The molecule has 7 heteroatoms. The molecular formula is C14H20N4O2S. The van der Waals surface area contributed by atoms with Crippen LogP contribution in [-0.4, -0.2) is 42.2 Å². The Balaban J connectivity index is 2.12. The minimum absolute atomic E-state index is 0.225. The normalized spacial score (nSPS) is 15.8. The number of nitrogens with zero attached hydrogens (tertiary/aromatic N) is 3. The number of pyridine rings is 1. The van der Waals surface area contributed by atoms with Gasteiger partial charge in [-0.2, -0.15) is 4.31 Å². The SMILES string of the molecule is CCN(CC1CC1)S(=O)(=O)c1c(NC)nc2ccccn12. The van der Waals surface area contributed by atoms with E-state index >= 15 is 0 Å². The zero-order valence-electron chi connectivity index (χ0n) is 12.3. The third kappa shape index (κ3) is 2.51. The fourth-order valence-corrected chi connectivity index (χ4v) is 4.28. The molecule has 6 nitrogen and oxygen atoms in total. The Bertz CT molecular complexity index is 749. The molecule has 2 aromatic rings. The largest absolute Gasteiger partial charge is 0.371 e. The average molecular weight is 308 g/mol. The van der Waals surface area contributed by atoms with E-state index < -0.39 is 10.0 Å². The molecule has 0 aliphatic heterocycles. The molecule has 1 aliphatic carbocycles. The van der Waals surface area contributed by atoms with Gasteiger partial charge in [0.15, 0.2) is 10.8 Å². The molecule has 0 atom stereocenters. The Labute approximate surface area is 124 Å². The predicted molar refractivity (Wildman–Crippen MR) is 81.9 cm³/mol. The highest BCUT2D eigenvalue weighted by Gasteiger charge is 2.34. The van der Waals surface area contributed by atoms with Crippen molar-refractivity contribution in [3.63, 3.8) is 0 Å². The van der Waals surface area contributed by atoms with E-state index in [-0.39, 0.29) is 5.03 Å². The summed E-state index contributed by atoms with van der Waals surface area (Å²) in [7, 11) is -1.87. The maximum atomic E-state index is 13.0. The first-order valence-electron chi connectivity index (χ1n) is 7.23. The molecule has 0 aromatic carbocycles. The van der Waals surface area contributed by atoms with Crippen LogP contribution >= 0.6 is 0 Å². The van der Waals surface area contributed by atoms with Gasteiger partial charge < -0.3 is 5.32 Å². The van der Waals surface area contributed by atoms with E-state index in [1.165, 1.54) is 0 Å². The van der Waals surface area contributed by atoms with Crippen molar-refractivity contribution < 1.29 is 8.42 Å². The summed E-state index contributed by atoms with van der Waals surface area (Å²) >= 11 is 0. The van der Waals surface area contributed by atoms with E-state index in [4.69, 9.17) is 0 Å². The summed E-state index contributed by atoms with van der Waals surface area (Å²) in [5, 5.41) is 3.13. The van der Waals surface area contributed by atoms with E-state index in [9.17, 15) is 8.42 Å². The third-order valence-electron chi connectivity index (χ3n) is 3.82. The zero-order chi connectivity index (χ0) is 15.0. The molecule has 1 fully saturated rings. The van der Waals surface area contributed by atoms with Gasteiger partial charge in [0.25, 0.3) is 10.0 Å². The van der Waals surface area contributed by atoms with Gasteiger partial charge in [-0.15, -0.1) is 0 Å². The summed E-state index contributed by atoms with van der Waals surface area (Å²) in [5.41, 5.74) is 0.628. The summed E-state index contributed by atoms with van der Waals surface area (Å²) in [6, 6.07) is 5.46. The smallest absolute Gasteiger partial charge is 0.262 e. The number of aromatic nitrogens is 2. The number of rotatable bonds is 6. The Morgan fingerprint density at radius 2 is 2.19 bits per heavy atom. The summed E-state index contributed by atoms with van der Waals surface area (Å²) in [5.74, 6) is 0.910. The van der Waals surface area contributed by atoms with Gasteiger partial charge in [-0.25, -0.2) is 13.4 Å². The van der Waals surface area contributed by atoms with Crippen LogP contribution in [0.25, 0.3) is 5.65 Å². The van der Waals surface area contributed by atoms with Gasteiger partial charge >= 0.3 is 0 Å². The maximum absolute atomic E-state index is 13.0. The second kappa shape index (κ2) is 5.31. The highest BCUT2D eigenvalue weighted by molar-refractivity contribution is 7.89. The highest BCUT2D eigenvalue weighted by Crippen LogP contribution is 2.33. The van der Waals surface area contributed by atoms with Crippen molar-refractivity contribution in [3.8, 4) is 0 Å². The predicted octanol–water partition coefficient (Wildman–Crippen LogP) is 1.80. The van der Waals surface area contributed by atoms with Crippen molar-refractivity contribution in [1.82, 2.24) is 13.7 Å². The van der Waals surface area contributed by atoms with Crippen molar-refractivity contribution in [2.24, 2.45) is 5.92 Å². The van der Waals surface area contributed by atoms with E-state index in [1.807, 2.05) is 19.1 Å². The number of nitrogens with one attached hydrogen (secondary N) is 1. The van der Waals surface area contributed by atoms with Crippen molar-refractivity contribution in [2.45, 2.75) is 24.8 Å². The summed E-state index contributed by atoms with van der Waals surface area (Å²) < 4.78 is 29.2. The van der Waals surface area contributed by atoms with Crippen LogP contribution in [0.15, 0.2) is 29.4 Å². The molecular weight excluding hydrogens is 288 g/mol. The lowest BCUT2D eigenvalue weighted by atomic mass is 10.4. The standard InChI is InChI=1S/C14H20N4O2S/c1-3-17(10-11-7-8-11)21(19,20)14-13(15-2)16-12-6-4-5-9-18(12)14/h4-6,9,11,15H,3,7-8,10H2,1-2H3. The lowest BCUT2D eigenvalue weighted by Gasteiger charge is -2.20. The summed E-state index contributed by atoms with van der Waals surface area (Å²) in [6.45, 7) is 2.95. The van der Waals surface area contributed by atoms with Crippen LogP contribution in [0, 0.1) is 5.92 Å².